The minimum atomic E-state index is -0.124. The molecule has 0 aliphatic heterocycles. The second kappa shape index (κ2) is 8.78. The van der Waals surface area contributed by atoms with E-state index < -0.39 is 0 Å². The van der Waals surface area contributed by atoms with E-state index in [-0.39, 0.29) is 12.0 Å². The van der Waals surface area contributed by atoms with Gasteiger partial charge in [-0.15, -0.1) is 0 Å². The van der Waals surface area contributed by atoms with E-state index in [2.05, 4.69) is 20.9 Å². The first-order chi connectivity index (χ1) is 13.5. The summed E-state index contributed by atoms with van der Waals surface area (Å²) in [7, 11) is 1.57. The van der Waals surface area contributed by atoms with Crippen LogP contribution < -0.4 is 14.8 Å². The second-order valence-electron chi connectivity index (χ2n) is 6.94. The van der Waals surface area contributed by atoms with E-state index in [9.17, 15) is 4.79 Å². The summed E-state index contributed by atoms with van der Waals surface area (Å²) in [6.45, 7) is 7.29. The van der Waals surface area contributed by atoms with Gasteiger partial charge in [0.1, 0.15) is 5.82 Å². The highest BCUT2D eigenvalue weighted by atomic mass is 16.5. The van der Waals surface area contributed by atoms with Gasteiger partial charge in [-0.05, 0) is 57.5 Å². The van der Waals surface area contributed by atoms with Crippen LogP contribution >= 0.6 is 0 Å². The second-order valence-corrected chi connectivity index (χ2v) is 6.94. The summed E-state index contributed by atoms with van der Waals surface area (Å²) >= 11 is 0. The highest BCUT2D eigenvalue weighted by Gasteiger charge is 2.12. The molecule has 0 radical (unpaired) electrons. The number of fused-ring (bicyclic) bond motifs is 1. The average molecular weight is 381 g/mol. The number of ether oxygens (including phenoxy) is 2. The van der Waals surface area contributed by atoms with Crippen molar-refractivity contribution in [1.82, 2.24) is 14.9 Å². The molecule has 1 N–H and O–H groups in total. The Kier molecular flexibility index (Phi) is 6.19. The maximum absolute atomic E-state index is 12.5. The largest absolute Gasteiger partial charge is 0.493 e. The summed E-state index contributed by atoms with van der Waals surface area (Å²) in [6, 6.07) is 13.3. The van der Waals surface area contributed by atoms with Gasteiger partial charge in [0.15, 0.2) is 11.5 Å². The summed E-state index contributed by atoms with van der Waals surface area (Å²) in [5.41, 5.74) is 2.67. The van der Waals surface area contributed by atoms with Crippen molar-refractivity contribution in [3.05, 3.63) is 53.9 Å². The molecule has 0 unspecified atom stereocenters. The van der Waals surface area contributed by atoms with E-state index in [4.69, 9.17) is 9.47 Å². The number of methoxy groups -OCH3 is 1. The third-order valence-electron chi connectivity index (χ3n) is 4.48. The number of hydrogen-bond donors (Lipinski definition) is 1. The van der Waals surface area contributed by atoms with Gasteiger partial charge in [0.2, 0.25) is 0 Å². The first kappa shape index (κ1) is 19.7. The van der Waals surface area contributed by atoms with Crippen molar-refractivity contribution >= 4 is 16.9 Å². The Balaban J connectivity index is 1.57. The van der Waals surface area contributed by atoms with Crippen molar-refractivity contribution in [2.75, 3.05) is 13.7 Å². The Morgan fingerprint density at radius 2 is 1.96 bits per heavy atom. The van der Waals surface area contributed by atoms with Crippen LogP contribution in [0.2, 0.25) is 0 Å². The Morgan fingerprint density at radius 3 is 2.71 bits per heavy atom. The predicted octanol–water partition coefficient (Wildman–Crippen LogP) is 3.96. The topological polar surface area (TPSA) is 65.4 Å². The van der Waals surface area contributed by atoms with Crippen LogP contribution in [0.15, 0.2) is 42.5 Å². The predicted molar refractivity (Wildman–Crippen MR) is 110 cm³/mol. The van der Waals surface area contributed by atoms with Gasteiger partial charge in [0.05, 0.1) is 24.2 Å². The number of aromatic nitrogens is 2. The molecule has 0 fully saturated rings. The molecule has 148 valence electrons. The van der Waals surface area contributed by atoms with Gasteiger partial charge in [-0.25, -0.2) is 4.98 Å². The number of aryl methyl sites for hydroxylation is 2. The van der Waals surface area contributed by atoms with E-state index >= 15 is 0 Å². The van der Waals surface area contributed by atoms with Crippen molar-refractivity contribution in [2.24, 2.45) is 0 Å². The number of benzene rings is 2. The molecule has 0 aliphatic carbocycles. The van der Waals surface area contributed by atoms with Crippen LogP contribution in [0.25, 0.3) is 11.0 Å². The van der Waals surface area contributed by atoms with Crippen LogP contribution in [0.5, 0.6) is 11.5 Å². The number of nitrogens with zero attached hydrogens (tertiary/aromatic N) is 2. The van der Waals surface area contributed by atoms with Gasteiger partial charge in [0, 0.05) is 18.7 Å². The lowest BCUT2D eigenvalue weighted by Crippen LogP contribution is -2.25. The molecule has 0 aliphatic rings. The van der Waals surface area contributed by atoms with Gasteiger partial charge in [-0.1, -0.05) is 12.1 Å². The molecule has 1 aromatic heterocycles. The van der Waals surface area contributed by atoms with Crippen LogP contribution in [-0.4, -0.2) is 35.2 Å². The number of rotatable bonds is 8. The molecular formula is C22H27N3O3. The Morgan fingerprint density at radius 1 is 1.18 bits per heavy atom. The Labute approximate surface area is 165 Å². The van der Waals surface area contributed by atoms with Crippen molar-refractivity contribution in [2.45, 2.75) is 39.8 Å². The standard InChI is InChI=1S/C22H27N3O3/c1-15(2)28-20-11-10-17(14-21(20)27-4)22(26)23-12-7-13-25-16(3)24-18-8-5-6-9-19(18)25/h5-6,8-11,14-15H,7,12-13H2,1-4H3,(H,23,26). The smallest absolute Gasteiger partial charge is 0.251 e. The van der Waals surface area contributed by atoms with E-state index in [0.717, 1.165) is 29.8 Å². The molecule has 6 heteroatoms. The van der Waals surface area contributed by atoms with Crippen LogP contribution in [0.4, 0.5) is 0 Å². The number of para-hydroxylation sites is 2. The van der Waals surface area contributed by atoms with Crippen LogP contribution in [0.3, 0.4) is 0 Å². The lowest BCUT2D eigenvalue weighted by Gasteiger charge is -2.14. The lowest BCUT2D eigenvalue weighted by atomic mass is 10.2. The molecular weight excluding hydrogens is 354 g/mol. The van der Waals surface area contributed by atoms with E-state index in [1.165, 1.54) is 0 Å². The number of amides is 1. The van der Waals surface area contributed by atoms with Gasteiger partial charge >= 0.3 is 0 Å². The maximum atomic E-state index is 12.5. The first-order valence-electron chi connectivity index (χ1n) is 9.54. The normalized spacial score (nSPS) is 11.0. The van der Waals surface area contributed by atoms with Crippen molar-refractivity contribution in [3.8, 4) is 11.5 Å². The van der Waals surface area contributed by atoms with Crippen molar-refractivity contribution in [1.29, 1.82) is 0 Å². The maximum Gasteiger partial charge on any atom is 0.251 e. The van der Waals surface area contributed by atoms with E-state index in [0.29, 0.717) is 23.6 Å². The number of nitrogens with one attached hydrogen (secondary N) is 1. The van der Waals surface area contributed by atoms with Crippen LogP contribution in [0, 0.1) is 6.92 Å². The molecule has 3 rings (SSSR count). The number of carbonyl (C=O) groups excluding carboxylic acids is 1. The third kappa shape index (κ3) is 4.44. The fraction of sp³-hybridized carbons (Fsp3) is 0.364. The summed E-state index contributed by atoms with van der Waals surface area (Å²) in [6.07, 6.45) is 0.856. The van der Waals surface area contributed by atoms with E-state index in [1.54, 1.807) is 25.3 Å². The van der Waals surface area contributed by atoms with Crippen LogP contribution in [0.1, 0.15) is 36.5 Å². The molecule has 2 aromatic carbocycles. The number of hydrogen-bond acceptors (Lipinski definition) is 4. The zero-order valence-electron chi connectivity index (χ0n) is 16.9. The Hall–Kier alpha value is -3.02. The zero-order valence-corrected chi connectivity index (χ0v) is 16.9. The minimum absolute atomic E-state index is 0.0382. The fourth-order valence-corrected chi connectivity index (χ4v) is 3.18. The SMILES string of the molecule is COc1cc(C(=O)NCCCn2c(C)nc3ccccc32)ccc1OC(C)C. The third-order valence-corrected chi connectivity index (χ3v) is 4.48. The average Bonchev–Trinajstić information content (AvgIpc) is 3.00. The summed E-state index contributed by atoms with van der Waals surface area (Å²) in [5.74, 6) is 2.05. The molecule has 0 atom stereocenters. The van der Waals surface area contributed by atoms with Crippen molar-refractivity contribution < 1.29 is 14.3 Å². The summed E-state index contributed by atoms with van der Waals surface area (Å²) < 4.78 is 13.2. The zero-order chi connectivity index (χ0) is 20.1. The number of imidazole rings is 1. The molecule has 1 amide bonds. The van der Waals surface area contributed by atoms with E-state index in [1.807, 2.05) is 39.0 Å². The van der Waals surface area contributed by atoms with Crippen molar-refractivity contribution in [3.63, 3.8) is 0 Å². The molecule has 0 spiro atoms. The Bertz CT molecular complexity index is 963. The molecule has 0 saturated carbocycles. The highest BCUT2D eigenvalue weighted by molar-refractivity contribution is 5.94. The number of carbonyl (C=O) groups is 1. The lowest BCUT2D eigenvalue weighted by molar-refractivity contribution is 0.0952. The minimum Gasteiger partial charge on any atom is -0.493 e. The highest BCUT2D eigenvalue weighted by Crippen LogP contribution is 2.29. The van der Waals surface area contributed by atoms with Gasteiger partial charge in [-0.2, -0.15) is 0 Å². The van der Waals surface area contributed by atoms with Gasteiger partial charge < -0.3 is 19.4 Å². The summed E-state index contributed by atoms with van der Waals surface area (Å²) in [5, 5.41) is 2.97. The van der Waals surface area contributed by atoms with Gasteiger partial charge in [-0.3, -0.25) is 4.79 Å². The summed E-state index contributed by atoms with van der Waals surface area (Å²) in [4.78, 5) is 17.0. The molecule has 28 heavy (non-hydrogen) atoms. The molecule has 0 saturated heterocycles. The molecule has 1 heterocycles. The van der Waals surface area contributed by atoms with Crippen LogP contribution in [-0.2, 0) is 6.54 Å². The van der Waals surface area contributed by atoms with Gasteiger partial charge in [0.25, 0.3) is 5.91 Å². The molecule has 6 nitrogen and oxygen atoms in total. The monoisotopic (exact) mass is 381 g/mol. The molecule has 0 bridgehead atoms. The quantitative estimate of drug-likeness (QED) is 0.600. The molecule has 3 aromatic rings. The fourth-order valence-electron chi connectivity index (χ4n) is 3.18. The first-order valence-corrected chi connectivity index (χ1v) is 9.54.